The van der Waals surface area contributed by atoms with Crippen LogP contribution in [-0.4, -0.2) is 10.7 Å². The molecule has 13 heavy (non-hydrogen) atoms. The standard InChI is InChI=1S/C11H22BrCl/c1-2-3-4-5-6-7-8-11(13)9-10-12/h11H,2-10H2,1H3. The second-order valence-corrected chi connectivity index (χ2v) is 5.04. The van der Waals surface area contributed by atoms with E-state index in [0.29, 0.717) is 5.38 Å². The molecule has 0 aliphatic heterocycles. The summed E-state index contributed by atoms with van der Waals surface area (Å²) in [6, 6.07) is 0. The van der Waals surface area contributed by atoms with Gasteiger partial charge in [0.2, 0.25) is 0 Å². The minimum Gasteiger partial charge on any atom is -0.123 e. The van der Waals surface area contributed by atoms with E-state index in [2.05, 4.69) is 22.9 Å². The van der Waals surface area contributed by atoms with Crippen LogP contribution in [0.15, 0.2) is 0 Å². The molecule has 0 nitrogen and oxygen atoms in total. The molecule has 0 aromatic heterocycles. The van der Waals surface area contributed by atoms with Crippen LogP contribution in [0.4, 0.5) is 0 Å². The van der Waals surface area contributed by atoms with Gasteiger partial charge in [-0.15, -0.1) is 11.6 Å². The maximum atomic E-state index is 6.09. The highest BCUT2D eigenvalue weighted by Crippen LogP contribution is 2.14. The number of alkyl halides is 2. The summed E-state index contributed by atoms with van der Waals surface area (Å²) in [6.07, 6.45) is 10.5. The fourth-order valence-corrected chi connectivity index (χ4v) is 2.49. The number of halogens is 2. The van der Waals surface area contributed by atoms with E-state index in [1.165, 1.54) is 44.9 Å². The first-order chi connectivity index (χ1) is 6.31. The molecular formula is C11H22BrCl. The molecule has 0 saturated heterocycles. The van der Waals surface area contributed by atoms with Crippen molar-refractivity contribution in [3.63, 3.8) is 0 Å². The van der Waals surface area contributed by atoms with Crippen molar-refractivity contribution in [1.29, 1.82) is 0 Å². The molecular weight excluding hydrogens is 247 g/mol. The molecule has 0 bridgehead atoms. The summed E-state index contributed by atoms with van der Waals surface area (Å²) in [7, 11) is 0. The SMILES string of the molecule is CCCCCCCCC(Cl)CCBr. The molecule has 0 N–H and O–H groups in total. The minimum atomic E-state index is 0.394. The van der Waals surface area contributed by atoms with Gasteiger partial charge in [0.25, 0.3) is 0 Å². The zero-order valence-corrected chi connectivity index (χ0v) is 11.0. The third-order valence-corrected chi connectivity index (χ3v) is 3.19. The second-order valence-electron chi connectivity index (χ2n) is 3.63. The van der Waals surface area contributed by atoms with Crippen LogP contribution in [0.5, 0.6) is 0 Å². The highest BCUT2D eigenvalue weighted by Gasteiger charge is 2.02. The lowest BCUT2D eigenvalue weighted by Gasteiger charge is -2.06. The highest BCUT2D eigenvalue weighted by molar-refractivity contribution is 9.09. The normalized spacial score (nSPS) is 13.2. The highest BCUT2D eigenvalue weighted by atomic mass is 79.9. The van der Waals surface area contributed by atoms with Crippen molar-refractivity contribution in [2.75, 3.05) is 5.33 Å². The van der Waals surface area contributed by atoms with E-state index in [9.17, 15) is 0 Å². The third kappa shape index (κ3) is 10.7. The molecule has 0 radical (unpaired) electrons. The van der Waals surface area contributed by atoms with Gasteiger partial charge >= 0.3 is 0 Å². The lowest BCUT2D eigenvalue weighted by Crippen LogP contribution is -1.98. The first-order valence-electron chi connectivity index (χ1n) is 5.51. The maximum absolute atomic E-state index is 6.09. The van der Waals surface area contributed by atoms with Crippen LogP contribution in [0.3, 0.4) is 0 Å². The van der Waals surface area contributed by atoms with Crippen molar-refractivity contribution >= 4 is 27.5 Å². The van der Waals surface area contributed by atoms with Gasteiger partial charge < -0.3 is 0 Å². The minimum absolute atomic E-state index is 0.394. The Labute approximate surface area is 96.6 Å². The monoisotopic (exact) mass is 268 g/mol. The average Bonchev–Trinajstić information content (AvgIpc) is 2.11. The number of rotatable bonds is 9. The largest absolute Gasteiger partial charge is 0.123 e. The maximum Gasteiger partial charge on any atom is 0.0344 e. The van der Waals surface area contributed by atoms with E-state index in [4.69, 9.17) is 11.6 Å². The van der Waals surface area contributed by atoms with E-state index in [0.717, 1.165) is 11.8 Å². The Morgan fingerprint density at radius 2 is 1.62 bits per heavy atom. The molecule has 1 unspecified atom stereocenters. The van der Waals surface area contributed by atoms with Gasteiger partial charge in [0.15, 0.2) is 0 Å². The Hall–Kier alpha value is 0.770. The summed E-state index contributed by atoms with van der Waals surface area (Å²) in [5, 5.41) is 1.43. The summed E-state index contributed by atoms with van der Waals surface area (Å²) >= 11 is 9.50. The summed E-state index contributed by atoms with van der Waals surface area (Å²) < 4.78 is 0. The summed E-state index contributed by atoms with van der Waals surface area (Å²) in [4.78, 5) is 0. The molecule has 0 heterocycles. The van der Waals surface area contributed by atoms with Crippen LogP contribution in [0, 0.1) is 0 Å². The van der Waals surface area contributed by atoms with E-state index in [1.54, 1.807) is 0 Å². The lowest BCUT2D eigenvalue weighted by atomic mass is 10.1. The van der Waals surface area contributed by atoms with Gasteiger partial charge in [-0.05, 0) is 12.8 Å². The summed E-state index contributed by atoms with van der Waals surface area (Å²) in [6.45, 7) is 2.25. The number of hydrogen-bond donors (Lipinski definition) is 0. The average molecular weight is 270 g/mol. The van der Waals surface area contributed by atoms with Gasteiger partial charge in [-0.1, -0.05) is 61.4 Å². The van der Waals surface area contributed by atoms with Crippen LogP contribution >= 0.6 is 27.5 Å². The Kier molecular flexibility index (Phi) is 11.5. The van der Waals surface area contributed by atoms with E-state index in [1.807, 2.05) is 0 Å². The quantitative estimate of drug-likeness (QED) is 0.402. The summed E-state index contributed by atoms with van der Waals surface area (Å²) in [5.41, 5.74) is 0. The Morgan fingerprint density at radius 1 is 1.00 bits per heavy atom. The van der Waals surface area contributed by atoms with Gasteiger partial charge in [-0.25, -0.2) is 0 Å². The lowest BCUT2D eigenvalue weighted by molar-refractivity contribution is 0.576. The van der Waals surface area contributed by atoms with Gasteiger partial charge in [0.1, 0.15) is 0 Å². The van der Waals surface area contributed by atoms with Gasteiger partial charge in [0.05, 0.1) is 0 Å². The van der Waals surface area contributed by atoms with Crippen LogP contribution in [0.25, 0.3) is 0 Å². The molecule has 0 fully saturated rings. The topological polar surface area (TPSA) is 0 Å². The van der Waals surface area contributed by atoms with Crippen LogP contribution in [0.2, 0.25) is 0 Å². The molecule has 80 valence electrons. The fourth-order valence-electron chi connectivity index (χ4n) is 1.41. The van der Waals surface area contributed by atoms with Crippen LogP contribution < -0.4 is 0 Å². The molecule has 1 atom stereocenters. The predicted molar refractivity (Wildman–Crippen MR) is 66.0 cm³/mol. The first-order valence-corrected chi connectivity index (χ1v) is 7.07. The Balaban J connectivity index is 2.97. The predicted octanol–water partition coefficient (Wildman–Crippen LogP) is 5.13. The molecule has 0 spiro atoms. The molecule has 0 aromatic carbocycles. The number of unbranched alkanes of at least 4 members (excludes halogenated alkanes) is 5. The second kappa shape index (κ2) is 10.8. The molecule has 0 amide bonds. The van der Waals surface area contributed by atoms with Crippen molar-refractivity contribution in [2.24, 2.45) is 0 Å². The molecule has 0 aromatic rings. The number of hydrogen-bond acceptors (Lipinski definition) is 0. The Morgan fingerprint density at radius 3 is 2.23 bits per heavy atom. The van der Waals surface area contributed by atoms with Crippen molar-refractivity contribution in [2.45, 2.75) is 63.7 Å². The fraction of sp³-hybridized carbons (Fsp3) is 1.00. The van der Waals surface area contributed by atoms with Crippen LogP contribution in [-0.2, 0) is 0 Å². The molecule has 0 saturated carbocycles. The van der Waals surface area contributed by atoms with Crippen molar-refractivity contribution in [3.8, 4) is 0 Å². The van der Waals surface area contributed by atoms with Crippen molar-refractivity contribution in [3.05, 3.63) is 0 Å². The van der Waals surface area contributed by atoms with E-state index in [-0.39, 0.29) is 0 Å². The van der Waals surface area contributed by atoms with Gasteiger partial charge in [0, 0.05) is 10.7 Å². The van der Waals surface area contributed by atoms with Gasteiger partial charge in [-0.3, -0.25) is 0 Å². The third-order valence-electron chi connectivity index (χ3n) is 2.29. The van der Waals surface area contributed by atoms with Crippen molar-refractivity contribution < 1.29 is 0 Å². The van der Waals surface area contributed by atoms with Gasteiger partial charge in [-0.2, -0.15) is 0 Å². The van der Waals surface area contributed by atoms with E-state index < -0.39 is 0 Å². The molecule has 0 aliphatic rings. The zero-order valence-electron chi connectivity index (χ0n) is 8.70. The van der Waals surface area contributed by atoms with Crippen molar-refractivity contribution in [1.82, 2.24) is 0 Å². The Bertz CT molecular complexity index is 96.1. The first kappa shape index (κ1) is 13.8. The molecule has 2 heteroatoms. The molecule has 0 aliphatic carbocycles. The smallest absolute Gasteiger partial charge is 0.0344 e. The van der Waals surface area contributed by atoms with Crippen LogP contribution in [0.1, 0.15) is 58.3 Å². The summed E-state index contributed by atoms with van der Waals surface area (Å²) in [5.74, 6) is 0. The molecule has 0 rings (SSSR count). The zero-order chi connectivity index (χ0) is 9.94. The van der Waals surface area contributed by atoms with E-state index >= 15 is 0 Å².